The smallest absolute Gasteiger partial charge is 0.322 e. The molecular weight excluding hydrogens is 506 g/mol. The Balaban J connectivity index is 1.27. The Hall–Kier alpha value is -3.28. The lowest BCUT2D eigenvalue weighted by atomic mass is 9.98. The molecule has 0 spiro atoms. The van der Waals surface area contributed by atoms with Gasteiger partial charge < -0.3 is 15.2 Å². The number of carboxylic acid groups (broad SMARTS) is 1. The van der Waals surface area contributed by atoms with Gasteiger partial charge in [0, 0.05) is 37.2 Å². The first-order valence-electron chi connectivity index (χ1n) is 13.0. The van der Waals surface area contributed by atoms with Crippen LogP contribution >= 0.6 is 0 Å². The molecule has 2 unspecified atom stereocenters. The summed E-state index contributed by atoms with van der Waals surface area (Å²) in [5.74, 6) is -0.469. The Labute approximate surface area is 222 Å². The van der Waals surface area contributed by atoms with Crippen LogP contribution in [-0.2, 0) is 27.8 Å². The third-order valence-corrected chi connectivity index (χ3v) is 8.74. The van der Waals surface area contributed by atoms with Crippen molar-refractivity contribution in [1.29, 1.82) is 0 Å². The van der Waals surface area contributed by atoms with Gasteiger partial charge in [0.05, 0.1) is 23.2 Å². The summed E-state index contributed by atoms with van der Waals surface area (Å²) in [5.41, 5.74) is 3.45. The van der Waals surface area contributed by atoms with E-state index in [4.69, 9.17) is 4.74 Å². The number of nitrogens with one attached hydrogen (secondary N) is 2. The minimum atomic E-state index is -4.02. The standard InChI is InChI=1S/C27H33N5O5S/c1-18-6-9-22(10-7-18)38(35,36)30-24(27(33)34)15-21-17-32(31-29-21)25-12-13-37-26-14-19(8-11-23(25)26)16-28-20-4-2-3-5-20/h6-11,14,17,20,24-25,28,30H,2-5,12-13,15-16H2,1H3,(H,33,34). The molecule has 10 nitrogen and oxygen atoms in total. The molecule has 0 amide bonds. The molecule has 2 aliphatic rings. The molecule has 0 radical (unpaired) electrons. The van der Waals surface area contributed by atoms with Crippen molar-refractivity contribution < 1.29 is 23.1 Å². The Kier molecular flexibility index (Phi) is 7.78. The summed E-state index contributed by atoms with van der Waals surface area (Å²) < 4.78 is 35.5. The van der Waals surface area contributed by atoms with Gasteiger partial charge >= 0.3 is 5.97 Å². The molecule has 3 aromatic rings. The number of ether oxygens (including phenoxy) is 1. The number of hydrogen-bond donors (Lipinski definition) is 3. The molecule has 2 aromatic carbocycles. The second-order valence-corrected chi connectivity index (χ2v) is 11.8. The largest absolute Gasteiger partial charge is 0.493 e. The number of aryl methyl sites for hydroxylation is 1. The SMILES string of the molecule is Cc1ccc(S(=O)(=O)NC(Cc2cn(C3CCOc4cc(CNC5CCCC5)ccc43)nn2)C(=O)O)cc1. The maximum absolute atomic E-state index is 12.8. The highest BCUT2D eigenvalue weighted by atomic mass is 32.2. The third kappa shape index (κ3) is 6.06. The van der Waals surface area contributed by atoms with Gasteiger partial charge in [0.1, 0.15) is 11.8 Å². The van der Waals surface area contributed by atoms with Crippen molar-refractivity contribution in [2.24, 2.45) is 0 Å². The summed E-state index contributed by atoms with van der Waals surface area (Å²) in [6.45, 7) is 3.17. The number of aliphatic carboxylic acids is 1. The van der Waals surface area contributed by atoms with Crippen molar-refractivity contribution in [3.8, 4) is 5.75 Å². The van der Waals surface area contributed by atoms with Crippen LogP contribution in [0.3, 0.4) is 0 Å². The predicted molar refractivity (Wildman–Crippen MR) is 140 cm³/mol. The van der Waals surface area contributed by atoms with Gasteiger partial charge in [-0.1, -0.05) is 47.9 Å². The average Bonchev–Trinajstić information content (AvgIpc) is 3.59. The minimum absolute atomic E-state index is 0.00892. The van der Waals surface area contributed by atoms with E-state index in [1.165, 1.54) is 43.4 Å². The maximum atomic E-state index is 12.8. The van der Waals surface area contributed by atoms with E-state index in [1.54, 1.807) is 23.0 Å². The number of carbonyl (C=O) groups is 1. The molecule has 3 N–H and O–H groups in total. The Morgan fingerprint density at radius 2 is 1.92 bits per heavy atom. The van der Waals surface area contributed by atoms with E-state index >= 15 is 0 Å². The first-order valence-corrected chi connectivity index (χ1v) is 14.5. The molecule has 38 heavy (non-hydrogen) atoms. The predicted octanol–water partition coefficient (Wildman–Crippen LogP) is 2.96. The van der Waals surface area contributed by atoms with Gasteiger partial charge in [0.15, 0.2) is 0 Å². The lowest BCUT2D eigenvalue weighted by Gasteiger charge is -2.26. The maximum Gasteiger partial charge on any atom is 0.322 e. The highest BCUT2D eigenvalue weighted by Gasteiger charge is 2.29. The van der Waals surface area contributed by atoms with Crippen LogP contribution in [0.25, 0.3) is 0 Å². The molecule has 1 aromatic heterocycles. The molecule has 2 atom stereocenters. The second-order valence-electron chi connectivity index (χ2n) is 10.1. The lowest BCUT2D eigenvalue weighted by molar-refractivity contribution is -0.138. The summed E-state index contributed by atoms with van der Waals surface area (Å²) in [5, 5.41) is 21.7. The van der Waals surface area contributed by atoms with Crippen LogP contribution in [0, 0.1) is 6.92 Å². The van der Waals surface area contributed by atoms with E-state index in [2.05, 4.69) is 38.6 Å². The summed E-state index contributed by atoms with van der Waals surface area (Å²) in [7, 11) is -4.02. The van der Waals surface area contributed by atoms with Crippen molar-refractivity contribution in [3.05, 3.63) is 71.0 Å². The van der Waals surface area contributed by atoms with Crippen molar-refractivity contribution in [2.45, 2.75) is 75.0 Å². The van der Waals surface area contributed by atoms with Gasteiger partial charge in [-0.2, -0.15) is 4.72 Å². The molecule has 0 bridgehead atoms. The molecule has 1 saturated carbocycles. The topological polar surface area (TPSA) is 135 Å². The fourth-order valence-corrected chi connectivity index (χ4v) is 6.30. The van der Waals surface area contributed by atoms with Crippen molar-refractivity contribution in [3.63, 3.8) is 0 Å². The molecule has 1 aliphatic carbocycles. The number of benzene rings is 2. The van der Waals surface area contributed by atoms with Gasteiger partial charge in [-0.05, 0) is 43.5 Å². The van der Waals surface area contributed by atoms with Gasteiger partial charge in [0.2, 0.25) is 10.0 Å². The summed E-state index contributed by atoms with van der Waals surface area (Å²) in [6.07, 6.45) is 7.28. The van der Waals surface area contributed by atoms with E-state index < -0.39 is 22.0 Å². The van der Waals surface area contributed by atoms with E-state index in [0.29, 0.717) is 24.8 Å². The number of nitrogens with zero attached hydrogens (tertiary/aromatic N) is 3. The highest BCUT2D eigenvalue weighted by molar-refractivity contribution is 7.89. The van der Waals surface area contributed by atoms with E-state index in [1.807, 2.05) is 6.92 Å². The fourth-order valence-electron chi connectivity index (χ4n) is 5.11. The monoisotopic (exact) mass is 539 g/mol. The fraction of sp³-hybridized carbons (Fsp3) is 0.444. The number of sulfonamides is 1. The molecule has 0 saturated heterocycles. The van der Waals surface area contributed by atoms with Crippen LogP contribution in [0.2, 0.25) is 0 Å². The van der Waals surface area contributed by atoms with Gasteiger partial charge in [-0.25, -0.2) is 13.1 Å². The molecule has 11 heteroatoms. The number of rotatable bonds is 10. The highest BCUT2D eigenvalue weighted by Crippen LogP contribution is 2.35. The molecule has 202 valence electrons. The number of carboxylic acids is 1. The van der Waals surface area contributed by atoms with Crippen molar-refractivity contribution in [1.82, 2.24) is 25.0 Å². The average molecular weight is 540 g/mol. The zero-order valence-electron chi connectivity index (χ0n) is 21.3. The molecule has 5 rings (SSSR count). The first kappa shape index (κ1) is 26.3. The second kappa shape index (κ2) is 11.2. The van der Waals surface area contributed by atoms with Gasteiger partial charge in [-0.15, -0.1) is 5.10 Å². The number of fused-ring (bicyclic) bond motifs is 1. The van der Waals surface area contributed by atoms with Crippen molar-refractivity contribution in [2.75, 3.05) is 6.61 Å². The van der Waals surface area contributed by atoms with E-state index in [0.717, 1.165) is 23.4 Å². The van der Waals surface area contributed by atoms with E-state index in [-0.39, 0.29) is 17.4 Å². The molecular formula is C27H33N5O5S. The molecule has 1 fully saturated rings. The zero-order valence-corrected chi connectivity index (χ0v) is 22.2. The molecule has 2 heterocycles. The summed E-state index contributed by atoms with van der Waals surface area (Å²) in [6, 6.07) is 11.5. The van der Waals surface area contributed by atoms with Gasteiger partial charge in [-0.3, -0.25) is 4.79 Å². The molecule has 1 aliphatic heterocycles. The van der Waals surface area contributed by atoms with Crippen LogP contribution in [0.4, 0.5) is 0 Å². The lowest BCUT2D eigenvalue weighted by Crippen LogP contribution is -2.42. The quantitative estimate of drug-likeness (QED) is 0.358. The Bertz CT molecular complexity index is 1380. The minimum Gasteiger partial charge on any atom is -0.493 e. The zero-order chi connectivity index (χ0) is 26.7. The first-order chi connectivity index (χ1) is 18.3. The van der Waals surface area contributed by atoms with E-state index in [9.17, 15) is 18.3 Å². The van der Waals surface area contributed by atoms with Crippen LogP contribution in [-0.4, -0.2) is 53.2 Å². The number of hydrogen-bond acceptors (Lipinski definition) is 7. The van der Waals surface area contributed by atoms with Crippen LogP contribution < -0.4 is 14.8 Å². The summed E-state index contributed by atoms with van der Waals surface area (Å²) in [4.78, 5) is 11.9. The van der Waals surface area contributed by atoms with Crippen LogP contribution in [0.15, 0.2) is 53.6 Å². The van der Waals surface area contributed by atoms with Crippen LogP contribution in [0.1, 0.15) is 60.5 Å². The van der Waals surface area contributed by atoms with Crippen LogP contribution in [0.5, 0.6) is 5.75 Å². The van der Waals surface area contributed by atoms with Gasteiger partial charge in [0.25, 0.3) is 0 Å². The normalized spacial score (nSPS) is 18.6. The number of aromatic nitrogens is 3. The third-order valence-electron chi connectivity index (χ3n) is 7.25. The van der Waals surface area contributed by atoms with Crippen molar-refractivity contribution >= 4 is 16.0 Å². The Morgan fingerprint density at radius 1 is 1.16 bits per heavy atom. The Morgan fingerprint density at radius 3 is 2.66 bits per heavy atom. The summed E-state index contributed by atoms with van der Waals surface area (Å²) >= 11 is 0.